The lowest BCUT2D eigenvalue weighted by Gasteiger charge is -2.30. The topological polar surface area (TPSA) is 42.4 Å². The standard InChI is InChI=1S/C16H19FN2O2/c1-12-10-13(11-14(18-12)15(20)21-3)4-5-16(17)6-8-19(2)9-7-16/h10-11H,6-9H2,1-3H3. The Labute approximate surface area is 124 Å². The molecular formula is C16H19FN2O2. The molecular weight excluding hydrogens is 271 g/mol. The van der Waals surface area contributed by atoms with Gasteiger partial charge in [-0.2, -0.15) is 0 Å². The van der Waals surface area contributed by atoms with Crippen LogP contribution in [0.2, 0.25) is 0 Å². The molecule has 4 nitrogen and oxygen atoms in total. The molecule has 0 bridgehead atoms. The van der Waals surface area contributed by atoms with Crippen LogP contribution in [0.15, 0.2) is 12.1 Å². The third-order valence-corrected chi connectivity index (χ3v) is 3.56. The summed E-state index contributed by atoms with van der Waals surface area (Å²) in [5.41, 5.74) is -0.0230. The quantitative estimate of drug-likeness (QED) is 0.586. The number of aromatic nitrogens is 1. The molecule has 21 heavy (non-hydrogen) atoms. The Morgan fingerprint density at radius 1 is 1.43 bits per heavy atom. The second kappa shape index (κ2) is 6.23. The van der Waals surface area contributed by atoms with Gasteiger partial charge in [-0.3, -0.25) is 0 Å². The molecule has 1 aliphatic rings. The first-order chi connectivity index (χ1) is 9.92. The molecule has 1 aromatic heterocycles. The van der Waals surface area contributed by atoms with Gasteiger partial charge in [0, 0.05) is 37.2 Å². The molecule has 0 radical (unpaired) electrons. The van der Waals surface area contributed by atoms with Crippen molar-refractivity contribution in [2.75, 3.05) is 27.2 Å². The number of pyridine rings is 1. The summed E-state index contributed by atoms with van der Waals surface area (Å²) in [5, 5.41) is 0. The molecule has 1 fully saturated rings. The molecule has 0 spiro atoms. The fourth-order valence-electron chi connectivity index (χ4n) is 2.23. The summed E-state index contributed by atoms with van der Waals surface area (Å²) >= 11 is 0. The Bertz CT molecular complexity index is 596. The highest BCUT2D eigenvalue weighted by atomic mass is 19.1. The van der Waals surface area contributed by atoms with Crippen LogP contribution >= 0.6 is 0 Å². The summed E-state index contributed by atoms with van der Waals surface area (Å²) in [4.78, 5) is 17.7. The molecule has 1 aliphatic heterocycles. The van der Waals surface area contributed by atoms with Crippen molar-refractivity contribution in [1.82, 2.24) is 9.88 Å². The van der Waals surface area contributed by atoms with Crippen molar-refractivity contribution >= 4 is 5.97 Å². The van der Waals surface area contributed by atoms with E-state index in [2.05, 4.69) is 26.5 Å². The zero-order chi connectivity index (χ0) is 15.5. The Hall–Kier alpha value is -1.93. The first-order valence-corrected chi connectivity index (χ1v) is 6.89. The van der Waals surface area contributed by atoms with Gasteiger partial charge in [-0.05, 0) is 26.1 Å². The number of likely N-dealkylation sites (tertiary alicyclic amines) is 1. The second-order valence-electron chi connectivity index (χ2n) is 5.39. The lowest BCUT2D eigenvalue weighted by molar-refractivity contribution is 0.0593. The van der Waals surface area contributed by atoms with E-state index in [0.717, 1.165) is 0 Å². The van der Waals surface area contributed by atoms with Gasteiger partial charge in [0.2, 0.25) is 0 Å². The van der Waals surface area contributed by atoms with Gasteiger partial charge in [0.15, 0.2) is 5.67 Å². The highest BCUT2D eigenvalue weighted by molar-refractivity contribution is 5.87. The van der Waals surface area contributed by atoms with Crippen molar-refractivity contribution in [2.45, 2.75) is 25.4 Å². The third-order valence-electron chi connectivity index (χ3n) is 3.56. The van der Waals surface area contributed by atoms with Crippen LogP contribution in [-0.4, -0.2) is 48.8 Å². The van der Waals surface area contributed by atoms with Gasteiger partial charge in [0.05, 0.1) is 7.11 Å². The average molecular weight is 290 g/mol. The maximum atomic E-state index is 14.5. The van der Waals surface area contributed by atoms with Gasteiger partial charge in [-0.25, -0.2) is 14.2 Å². The summed E-state index contributed by atoms with van der Waals surface area (Å²) in [6, 6.07) is 3.27. The molecule has 5 heteroatoms. The molecule has 0 N–H and O–H groups in total. The number of nitrogens with zero attached hydrogens (tertiary/aromatic N) is 2. The molecule has 0 unspecified atom stereocenters. The van der Waals surface area contributed by atoms with Gasteiger partial charge < -0.3 is 9.64 Å². The van der Waals surface area contributed by atoms with Crippen molar-refractivity contribution < 1.29 is 13.9 Å². The molecule has 0 amide bonds. The number of methoxy groups -OCH3 is 1. The number of carbonyl (C=O) groups is 1. The lowest BCUT2D eigenvalue weighted by Crippen LogP contribution is -2.38. The van der Waals surface area contributed by atoms with E-state index in [4.69, 9.17) is 0 Å². The minimum atomic E-state index is -1.45. The molecule has 2 rings (SSSR count). The van der Waals surface area contributed by atoms with Crippen molar-refractivity contribution in [3.8, 4) is 11.8 Å². The summed E-state index contributed by atoms with van der Waals surface area (Å²) in [5.74, 6) is 5.04. The Morgan fingerprint density at radius 2 is 2.10 bits per heavy atom. The smallest absolute Gasteiger partial charge is 0.356 e. The highest BCUT2D eigenvalue weighted by Gasteiger charge is 2.31. The fourth-order valence-corrected chi connectivity index (χ4v) is 2.23. The predicted octanol–water partition coefficient (Wildman–Crippen LogP) is 1.96. The monoisotopic (exact) mass is 290 g/mol. The van der Waals surface area contributed by atoms with E-state index < -0.39 is 11.6 Å². The number of esters is 1. The summed E-state index contributed by atoms with van der Waals surface area (Å²) in [7, 11) is 3.27. The number of ether oxygens (including phenoxy) is 1. The zero-order valence-corrected chi connectivity index (χ0v) is 12.6. The number of halogens is 1. The zero-order valence-electron chi connectivity index (χ0n) is 12.6. The van der Waals surface area contributed by atoms with Crippen LogP contribution in [0.1, 0.15) is 34.6 Å². The average Bonchev–Trinajstić information content (AvgIpc) is 2.47. The van der Waals surface area contributed by atoms with E-state index in [9.17, 15) is 9.18 Å². The van der Waals surface area contributed by atoms with E-state index in [1.165, 1.54) is 13.2 Å². The maximum absolute atomic E-state index is 14.5. The number of carbonyl (C=O) groups excluding carboxylic acids is 1. The molecule has 1 aromatic rings. The number of aryl methyl sites for hydroxylation is 1. The van der Waals surface area contributed by atoms with Gasteiger partial charge in [-0.15, -0.1) is 0 Å². The molecule has 112 valence electrons. The highest BCUT2D eigenvalue weighted by Crippen LogP contribution is 2.25. The maximum Gasteiger partial charge on any atom is 0.356 e. The van der Waals surface area contributed by atoms with Gasteiger partial charge in [0.25, 0.3) is 0 Å². The Kier molecular flexibility index (Phi) is 4.59. The van der Waals surface area contributed by atoms with E-state index in [0.29, 0.717) is 37.2 Å². The molecule has 2 heterocycles. The van der Waals surface area contributed by atoms with E-state index in [1.807, 2.05) is 7.05 Å². The van der Waals surface area contributed by atoms with Crippen molar-refractivity contribution in [2.24, 2.45) is 0 Å². The van der Waals surface area contributed by atoms with Crippen LogP contribution in [0.3, 0.4) is 0 Å². The van der Waals surface area contributed by atoms with Gasteiger partial charge in [0.1, 0.15) is 5.69 Å². The molecule has 0 aromatic carbocycles. The minimum absolute atomic E-state index is 0.193. The minimum Gasteiger partial charge on any atom is -0.464 e. The first kappa shape index (κ1) is 15.5. The van der Waals surface area contributed by atoms with Crippen molar-refractivity contribution in [3.63, 3.8) is 0 Å². The van der Waals surface area contributed by atoms with Gasteiger partial charge in [-0.1, -0.05) is 11.8 Å². The molecule has 0 atom stereocenters. The number of piperidine rings is 1. The normalized spacial score (nSPS) is 17.7. The SMILES string of the molecule is COC(=O)c1cc(C#CC2(F)CCN(C)CC2)cc(C)n1. The van der Waals surface area contributed by atoms with Crippen LogP contribution in [0, 0.1) is 18.8 Å². The largest absolute Gasteiger partial charge is 0.464 e. The number of hydrogen-bond acceptors (Lipinski definition) is 4. The molecule has 0 saturated carbocycles. The number of hydrogen-bond donors (Lipinski definition) is 0. The lowest BCUT2D eigenvalue weighted by atomic mass is 9.94. The number of rotatable bonds is 1. The Morgan fingerprint density at radius 3 is 2.71 bits per heavy atom. The van der Waals surface area contributed by atoms with Crippen LogP contribution in [0.25, 0.3) is 0 Å². The number of alkyl halides is 1. The first-order valence-electron chi connectivity index (χ1n) is 6.89. The van der Waals surface area contributed by atoms with Crippen LogP contribution in [0.4, 0.5) is 4.39 Å². The van der Waals surface area contributed by atoms with Gasteiger partial charge >= 0.3 is 5.97 Å². The molecule has 0 aliphatic carbocycles. The van der Waals surface area contributed by atoms with E-state index in [-0.39, 0.29) is 5.69 Å². The second-order valence-corrected chi connectivity index (χ2v) is 5.39. The van der Waals surface area contributed by atoms with E-state index in [1.54, 1.807) is 13.0 Å². The Balaban J connectivity index is 2.22. The van der Waals surface area contributed by atoms with Crippen LogP contribution in [-0.2, 0) is 4.74 Å². The third kappa shape index (κ3) is 4.02. The van der Waals surface area contributed by atoms with Crippen LogP contribution in [0.5, 0.6) is 0 Å². The summed E-state index contributed by atoms with van der Waals surface area (Å²) in [6.07, 6.45) is 0.814. The fraction of sp³-hybridized carbons (Fsp3) is 0.500. The predicted molar refractivity (Wildman–Crippen MR) is 77.8 cm³/mol. The van der Waals surface area contributed by atoms with Crippen molar-refractivity contribution in [1.29, 1.82) is 0 Å². The van der Waals surface area contributed by atoms with Crippen LogP contribution < -0.4 is 0 Å². The summed E-state index contributed by atoms with van der Waals surface area (Å²) in [6.45, 7) is 3.17. The van der Waals surface area contributed by atoms with Crippen molar-refractivity contribution in [3.05, 3.63) is 29.1 Å². The molecule has 1 saturated heterocycles. The van der Waals surface area contributed by atoms with E-state index >= 15 is 0 Å². The summed E-state index contributed by atoms with van der Waals surface area (Å²) < 4.78 is 19.2.